The molecule has 0 amide bonds. The van der Waals surface area contributed by atoms with Crippen LogP contribution in [0.25, 0.3) is 0 Å². The first-order valence-corrected chi connectivity index (χ1v) is 9.09. The molecule has 2 fully saturated rings. The van der Waals surface area contributed by atoms with Gasteiger partial charge in [-0.1, -0.05) is 31.4 Å². The summed E-state index contributed by atoms with van der Waals surface area (Å²) in [6.07, 6.45) is 8.60. The van der Waals surface area contributed by atoms with E-state index in [1.54, 1.807) is 0 Å². The Labute approximate surface area is 159 Å². The fourth-order valence-corrected chi connectivity index (χ4v) is 4.05. The van der Waals surface area contributed by atoms with E-state index in [0.717, 1.165) is 18.2 Å². The third-order valence-electron chi connectivity index (χ3n) is 5.28. The highest BCUT2D eigenvalue weighted by Gasteiger charge is 2.20. The van der Waals surface area contributed by atoms with Crippen molar-refractivity contribution in [2.45, 2.75) is 45.1 Å². The molecule has 0 radical (unpaired) electrons. The van der Waals surface area contributed by atoms with E-state index in [9.17, 15) is 0 Å². The maximum absolute atomic E-state index is 5.89. The average molecular weight is 374 g/mol. The van der Waals surface area contributed by atoms with Crippen molar-refractivity contribution in [3.63, 3.8) is 0 Å². The van der Waals surface area contributed by atoms with Crippen LogP contribution in [-0.4, -0.2) is 42.5 Å². The monoisotopic (exact) mass is 373 g/mol. The standard InChI is InChI=1S/C19H31N3.2ClH/c20-19-9-4-8-18(14-19)16-22-11-5-10-21(12-13-22)15-17-6-2-1-3-7-17;;/h4,8-9,14,17H,1-3,5-7,10-13,15-16,20H2;2*1H. The lowest BCUT2D eigenvalue weighted by atomic mass is 9.89. The van der Waals surface area contributed by atoms with Crippen molar-refractivity contribution in [3.8, 4) is 0 Å². The molecular weight excluding hydrogens is 341 g/mol. The first kappa shape index (κ1) is 21.6. The Bertz CT molecular complexity index is 464. The third kappa shape index (κ3) is 6.79. The van der Waals surface area contributed by atoms with Gasteiger partial charge in [0.2, 0.25) is 0 Å². The first-order chi connectivity index (χ1) is 10.8. The maximum Gasteiger partial charge on any atom is 0.0317 e. The SMILES string of the molecule is Cl.Cl.Nc1cccc(CN2CCCN(CC3CCCCC3)CC2)c1. The fourth-order valence-electron chi connectivity index (χ4n) is 4.05. The van der Waals surface area contributed by atoms with E-state index in [1.165, 1.54) is 76.8 Å². The van der Waals surface area contributed by atoms with Gasteiger partial charge in [0.25, 0.3) is 0 Å². The van der Waals surface area contributed by atoms with Gasteiger partial charge in [0, 0.05) is 31.9 Å². The number of nitrogen functional groups attached to an aromatic ring is 1. The molecule has 1 saturated heterocycles. The van der Waals surface area contributed by atoms with Crippen molar-refractivity contribution >= 4 is 30.5 Å². The Morgan fingerprint density at radius 1 is 0.875 bits per heavy atom. The summed E-state index contributed by atoms with van der Waals surface area (Å²) in [4.78, 5) is 5.31. The summed E-state index contributed by atoms with van der Waals surface area (Å²) in [6.45, 7) is 7.31. The van der Waals surface area contributed by atoms with Crippen molar-refractivity contribution in [3.05, 3.63) is 29.8 Å². The summed E-state index contributed by atoms with van der Waals surface area (Å²) in [7, 11) is 0. The summed E-state index contributed by atoms with van der Waals surface area (Å²) in [5.74, 6) is 0.967. The van der Waals surface area contributed by atoms with Gasteiger partial charge in [-0.25, -0.2) is 0 Å². The molecule has 0 bridgehead atoms. The van der Waals surface area contributed by atoms with Crippen molar-refractivity contribution in [1.29, 1.82) is 0 Å². The fraction of sp³-hybridized carbons (Fsp3) is 0.684. The normalized spacial score (nSPS) is 20.7. The second kappa shape index (κ2) is 11.2. The lowest BCUT2D eigenvalue weighted by Gasteiger charge is -2.29. The molecule has 5 heteroatoms. The van der Waals surface area contributed by atoms with Gasteiger partial charge in [0.05, 0.1) is 0 Å². The minimum absolute atomic E-state index is 0. The number of halogens is 2. The van der Waals surface area contributed by atoms with E-state index in [2.05, 4.69) is 28.0 Å². The predicted octanol–water partition coefficient (Wildman–Crippen LogP) is 4.20. The minimum Gasteiger partial charge on any atom is -0.399 e. The van der Waals surface area contributed by atoms with Gasteiger partial charge in [0.15, 0.2) is 0 Å². The van der Waals surface area contributed by atoms with Crippen LogP contribution in [0, 0.1) is 5.92 Å². The van der Waals surface area contributed by atoms with Crippen LogP contribution in [0.3, 0.4) is 0 Å². The molecule has 3 nitrogen and oxygen atoms in total. The quantitative estimate of drug-likeness (QED) is 0.802. The van der Waals surface area contributed by atoms with E-state index in [-0.39, 0.29) is 24.8 Å². The summed E-state index contributed by atoms with van der Waals surface area (Å²) < 4.78 is 0. The average Bonchev–Trinajstić information content (AvgIpc) is 2.74. The molecule has 0 unspecified atom stereocenters. The maximum atomic E-state index is 5.89. The van der Waals surface area contributed by atoms with E-state index in [1.807, 2.05) is 6.07 Å². The third-order valence-corrected chi connectivity index (χ3v) is 5.28. The molecule has 1 saturated carbocycles. The van der Waals surface area contributed by atoms with Crippen molar-refractivity contribution in [2.75, 3.05) is 38.5 Å². The highest BCUT2D eigenvalue weighted by atomic mass is 35.5. The van der Waals surface area contributed by atoms with Crippen LogP contribution in [0.15, 0.2) is 24.3 Å². The smallest absolute Gasteiger partial charge is 0.0317 e. The van der Waals surface area contributed by atoms with Gasteiger partial charge >= 0.3 is 0 Å². The molecule has 1 heterocycles. The molecule has 3 rings (SSSR count). The van der Waals surface area contributed by atoms with Gasteiger partial charge < -0.3 is 10.6 Å². The zero-order valence-electron chi connectivity index (χ0n) is 14.7. The Balaban J connectivity index is 0.00000144. The zero-order valence-corrected chi connectivity index (χ0v) is 16.3. The Kier molecular flexibility index (Phi) is 10.1. The number of nitrogens with zero attached hydrogens (tertiary/aromatic N) is 2. The lowest BCUT2D eigenvalue weighted by molar-refractivity contribution is 0.200. The van der Waals surface area contributed by atoms with Crippen LogP contribution in [-0.2, 0) is 6.54 Å². The van der Waals surface area contributed by atoms with E-state index in [4.69, 9.17) is 5.73 Å². The molecule has 138 valence electrons. The molecule has 0 atom stereocenters. The van der Waals surface area contributed by atoms with Gasteiger partial charge in [0.1, 0.15) is 0 Å². The number of benzene rings is 1. The van der Waals surface area contributed by atoms with Crippen LogP contribution in [0.5, 0.6) is 0 Å². The molecule has 1 aliphatic heterocycles. The predicted molar refractivity (Wildman–Crippen MR) is 108 cm³/mol. The highest BCUT2D eigenvalue weighted by Crippen LogP contribution is 2.24. The Morgan fingerprint density at radius 3 is 2.33 bits per heavy atom. The van der Waals surface area contributed by atoms with Gasteiger partial charge in [-0.15, -0.1) is 24.8 Å². The summed E-state index contributed by atoms with van der Waals surface area (Å²) in [5, 5.41) is 0. The number of nitrogens with two attached hydrogens (primary N) is 1. The molecule has 2 aliphatic rings. The van der Waals surface area contributed by atoms with Gasteiger partial charge in [-0.3, -0.25) is 4.90 Å². The van der Waals surface area contributed by atoms with Crippen LogP contribution in [0.4, 0.5) is 5.69 Å². The molecule has 1 aliphatic carbocycles. The molecule has 1 aromatic rings. The topological polar surface area (TPSA) is 32.5 Å². The number of rotatable bonds is 4. The lowest BCUT2D eigenvalue weighted by Crippen LogP contribution is -2.34. The minimum atomic E-state index is 0. The van der Waals surface area contributed by atoms with Crippen molar-refractivity contribution in [1.82, 2.24) is 9.80 Å². The second-order valence-electron chi connectivity index (χ2n) is 7.18. The first-order valence-electron chi connectivity index (χ1n) is 9.09. The van der Waals surface area contributed by atoms with Crippen molar-refractivity contribution in [2.24, 2.45) is 5.92 Å². The largest absolute Gasteiger partial charge is 0.399 e. The Morgan fingerprint density at radius 2 is 1.58 bits per heavy atom. The zero-order chi connectivity index (χ0) is 15.2. The number of hydrogen-bond donors (Lipinski definition) is 1. The van der Waals surface area contributed by atoms with E-state index in [0.29, 0.717) is 0 Å². The van der Waals surface area contributed by atoms with Crippen LogP contribution in [0.2, 0.25) is 0 Å². The summed E-state index contributed by atoms with van der Waals surface area (Å²) in [6, 6.07) is 8.35. The number of anilines is 1. The van der Waals surface area contributed by atoms with Crippen LogP contribution >= 0.6 is 24.8 Å². The number of hydrogen-bond acceptors (Lipinski definition) is 3. The Hall–Kier alpha value is -0.480. The van der Waals surface area contributed by atoms with E-state index < -0.39 is 0 Å². The van der Waals surface area contributed by atoms with E-state index >= 15 is 0 Å². The molecule has 2 N–H and O–H groups in total. The van der Waals surface area contributed by atoms with Crippen LogP contribution < -0.4 is 5.73 Å². The molecule has 0 aromatic heterocycles. The van der Waals surface area contributed by atoms with Crippen LogP contribution in [0.1, 0.15) is 44.1 Å². The molecular formula is C19H33Cl2N3. The summed E-state index contributed by atoms with van der Waals surface area (Å²) >= 11 is 0. The van der Waals surface area contributed by atoms with Gasteiger partial charge in [-0.05, 0) is 56.0 Å². The molecule has 1 aromatic carbocycles. The van der Waals surface area contributed by atoms with Crippen molar-refractivity contribution < 1.29 is 0 Å². The molecule has 24 heavy (non-hydrogen) atoms. The molecule has 0 spiro atoms. The highest BCUT2D eigenvalue weighted by molar-refractivity contribution is 5.85. The second-order valence-corrected chi connectivity index (χ2v) is 7.18. The summed E-state index contributed by atoms with van der Waals surface area (Å²) in [5.41, 5.74) is 8.12. The van der Waals surface area contributed by atoms with Gasteiger partial charge in [-0.2, -0.15) is 0 Å².